The highest BCUT2D eigenvalue weighted by atomic mass is 35.5. The highest BCUT2D eigenvalue weighted by Gasteiger charge is 2.11. The van der Waals surface area contributed by atoms with E-state index in [2.05, 4.69) is 4.98 Å². The molecule has 1 heterocycles. The van der Waals surface area contributed by atoms with Gasteiger partial charge < -0.3 is 5.11 Å². The summed E-state index contributed by atoms with van der Waals surface area (Å²) in [5, 5.41) is 9.39. The van der Waals surface area contributed by atoms with Crippen molar-refractivity contribution in [3.63, 3.8) is 0 Å². The van der Waals surface area contributed by atoms with Gasteiger partial charge in [0.15, 0.2) is 0 Å². The van der Waals surface area contributed by atoms with Gasteiger partial charge in [0.1, 0.15) is 5.82 Å². The Morgan fingerprint density at radius 3 is 2.94 bits per heavy atom. The van der Waals surface area contributed by atoms with Crippen molar-refractivity contribution in [1.82, 2.24) is 9.55 Å². The summed E-state index contributed by atoms with van der Waals surface area (Å²) in [4.78, 5) is 16.0. The van der Waals surface area contributed by atoms with Crippen LogP contribution in [0.1, 0.15) is 6.92 Å². The molecule has 4 nitrogen and oxygen atoms in total. The molecular weight excluding hydrogens is 247 g/mol. The molecule has 0 spiro atoms. The predicted molar refractivity (Wildman–Crippen MR) is 62.7 cm³/mol. The Bertz CT molecular complexity index is 625. The second kappa shape index (κ2) is 4.43. The summed E-state index contributed by atoms with van der Waals surface area (Å²) in [6, 6.07) is 3.72. The molecule has 0 saturated carbocycles. The van der Waals surface area contributed by atoms with Crippen molar-refractivity contribution < 1.29 is 9.50 Å². The van der Waals surface area contributed by atoms with Gasteiger partial charge in [-0.2, -0.15) is 0 Å². The number of aliphatic hydroxyl groups excluding tert-OH is 1. The van der Waals surface area contributed by atoms with Crippen molar-refractivity contribution in [3.05, 3.63) is 39.7 Å². The number of benzene rings is 1. The second-order valence-electron chi connectivity index (χ2n) is 3.81. The Hall–Kier alpha value is -1.46. The molecule has 0 radical (unpaired) electrons. The van der Waals surface area contributed by atoms with E-state index in [0.717, 1.165) is 10.6 Å². The standard InChI is InChI=1S/C11H10ClFN2O2/c1-6(16)5-15-10(17)8-4-7(13)2-3-9(8)14-11(15)12/h2-4,6,16H,5H2,1H3. The lowest BCUT2D eigenvalue weighted by Gasteiger charge is -2.10. The fraction of sp³-hybridized carbons (Fsp3) is 0.273. The zero-order valence-corrected chi connectivity index (χ0v) is 9.78. The number of rotatable bonds is 2. The van der Waals surface area contributed by atoms with Gasteiger partial charge in [0, 0.05) is 0 Å². The van der Waals surface area contributed by atoms with Gasteiger partial charge in [0.25, 0.3) is 5.56 Å². The number of halogens is 2. The van der Waals surface area contributed by atoms with Crippen LogP contribution >= 0.6 is 11.6 Å². The lowest BCUT2D eigenvalue weighted by atomic mass is 10.2. The van der Waals surface area contributed by atoms with E-state index in [0.29, 0.717) is 5.52 Å². The average Bonchev–Trinajstić information content (AvgIpc) is 2.25. The zero-order valence-electron chi connectivity index (χ0n) is 9.02. The first-order valence-electron chi connectivity index (χ1n) is 5.02. The molecule has 0 fully saturated rings. The topological polar surface area (TPSA) is 55.1 Å². The van der Waals surface area contributed by atoms with Crippen LogP contribution in [0.25, 0.3) is 10.9 Å². The molecular formula is C11H10ClFN2O2. The van der Waals surface area contributed by atoms with Crippen LogP contribution in [0.4, 0.5) is 4.39 Å². The summed E-state index contributed by atoms with van der Waals surface area (Å²) < 4.78 is 14.2. The van der Waals surface area contributed by atoms with Crippen LogP contribution in [-0.2, 0) is 6.54 Å². The number of aromatic nitrogens is 2. The predicted octanol–water partition coefficient (Wildman–Crippen LogP) is 1.57. The third-order valence-electron chi connectivity index (χ3n) is 2.32. The largest absolute Gasteiger partial charge is 0.392 e. The van der Waals surface area contributed by atoms with E-state index in [1.165, 1.54) is 19.1 Å². The van der Waals surface area contributed by atoms with Crippen molar-refractivity contribution in [1.29, 1.82) is 0 Å². The van der Waals surface area contributed by atoms with Crippen molar-refractivity contribution >= 4 is 22.5 Å². The first-order valence-corrected chi connectivity index (χ1v) is 5.40. The minimum absolute atomic E-state index is 0.0185. The van der Waals surface area contributed by atoms with Gasteiger partial charge in [-0.3, -0.25) is 9.36 Å². The molecule has 1 aromatic heterocycles. The highest BCUT2D eigenvalue weighted by molar-refractivity contribution is 6.28. The van der Waals surface area contributed by atoms with Gasteiger partial charge >= 0.3 is 0 Å². The normalized spacial score (nSPS) is 12.9. The van der Waals surface area contributed by atoms with E-state index in [-0.39, 0.29) is 17.2 Å². The fourth-order valence-electron chi connectivity index (χ4n) is 1.59. The molecule has 2 aromatic rings. The van der Waals surface area contributed by atoms with Gasteiger partial charge in [-0.1, -0.05) is 0 Å². The van der Waals surface area contributed by atoms with Crippen molar-refractivity contribution in [2.45, 2.75) is 19.6 Å². The van der Waals surface area contributed by atoms with Crippen molar-refractivity contribution in [2.75, 3.05) is 0 Å². The Morgan fingerprint density at radius 1 is 1.59 bits per heavy atom. The summed E-state index contributed by atoms with van der Waals surface area (Å²) in [7, 11) is 0. The molecule has 1 N–H and O–H groups in total. The number of nitrogens with zero attached hydrogens (tertiary/aromatic N) is 2. The van der Waals surface area contributed by atoms with Crippen LogP contribution in [0.3, 0.4) is 0 Å². The fourth-order valence-corrected chi connectivity index (χ4v) is 1.83. The summed E-state index contributed by atoms with van der Waals surface area (Å²) in [6.45, 7) is 1.55. The van der Waals surface area contributed by atoms with E-state index in [9.17, 15) is 14.3 Å². The lowest BCUT2D eigenvalue weighted by molar-refractivity contribution is 0.172. The minimum Gasteiger partial charge on any atom is -0.392 e. The minimum atomic E-state index is -0.738. The number of hydrogen-bond acceptors (Lipinski definition) is 3. The maximum Gasteiger partial charge on any atom is 0.262 e. The van der Waals surface area contributed by atoms with E-state index in [1.807, 2.05) is 0 Å². The molecule has 1 atom stereocenters. The molecule has 1 unspecified atom stereocenters. The SMILES string of the molecule is CC(O)Cn1c(Cl)nc2ccc(F)cc2c1=O. The second-order valence-corrected chi connectivity index (χ2v) is 4.15. The third-order valence-corrected chi connectivity index (χ3v) is 2.60. The van der Waals surface area contributed by atoms with Crippen molar-refractivity contribution in [2.24, 2.45) is 0 Å². The monoisotopic (exact) mass is 256 g/mol. The molecule has 0 aliphatic rings. The molecule has 6 heteroatoms. The summed E-state index contributed by atoms with van der Waals surface area (Å²) in [6.07, 6.45) is -0.738. The first kappa shape index (κ1) is 12.0. The molecule has 17 heavy (non-hydrogen) atoms. The number of hydrogen-bond donors (Lipinski definition) is 1. The Labute approximate surface area is 101 Å². The molecule has 0 aliphatic heterocycles. The molecule has 0 saturated heterocycles. The molecule has 0 amide bonds. The highest BCUT2D eigenvalue weighted by Crippen LogP contribution is 2.13. The molecule has 2 rings (SSSR count). The zero-order chi connectivity index (χ0) is 12.6. The number of aliphatic hydroxyl groups is 1. The van der Waals surface area contributed by atoms with Crippen LogP contribution in [-0.4, -0.2) is 20.8 Å². The Morgan fingerprint density at radius 2 is 2.29 bits per heavy atom. The Kier molecular flexibility index (Phi) is 3.13. The van der Waals surface area contributed by atoms with Gasteiger partial charge in [0.05, 0.1) is 23.6 Å². The van der Waals surface area contributed by atoms with Crippen LogP contribution in [0.15, 0.2) is 23.0 Å². The number of fused-ring (bicyclic) bond motifs is 1. The van der Waals surface area contributed by atoms with Crippen LogP contribution in [0.2, 0.25) is 5.28 Å². The van der Waals surface area contributed by atoms with Crippen molar-refractivity contribution in [3.8, 4) is 0 Å². The van der Waals surface area contributed by atoms with Gasteiger partial charge in [-0.25, -0.2) is 9.37 Å². The Balaban J connectivity index is 2.73. The summed E-state index contributed by atoms with van der Waals surface area (Å²) in [5.41, 5.74) is -0.122. The van der Waals surface area contributed by atoms with Crippen LogP contribution in [0.5, 0.6) is 0 Å². The smallest absolute Gasteiger partial charge is 0.262 e. The van der Waals surface area contributed by atoms with Crippen LogP contribution in [0, 0.1) is 5.82 Å². The van der Waals surface area contributed by atoms with Crippen LogP contribution < -0.4 is 5.56 Å². The van der Waals surface area contributed by atoms with Gasteiger partial charge in [-0.15, -0.1) is 0 Å². The maximum atomic E-state index is 13.1. The molecule has 0 bridgehead atoms. The van der Waals surface area contributed by atoms with E-state index in [4.69, 9.17) is 11.6 Å². The molecule has 1 aromatic carbocycles. The third kappa shape index (κ3) is 2.30. The molecule has 90 valence electrons. The summed E-state index contributed by atoms with van der Waals surface area (Å²) >= 11 is 5.84. The van der Waals surface area contributed by atoms with E-state index < -0.39 is 17.5 Å². The maximum absolute atomic E-state index is 13.1. The molecule has 0 aliphatic carbocycles. The van der Waals surface area contributed by atoms with E-state index in [1.54, 1.807) is 0 Å². The lowest BCUT2D eigenvalue weighted by Crippen LogP contribution is -2.26. The average molecular weight is 257 g/mol. The first-order chi connectivity index (χ1) is 7.99. The quantitative estimate of drug-likeness (QED) is 0.830. The van der Waals surface area contributed by atoms with Gasteiger partial charge in [-0.05, 0) is 36.7 Å². The van der Waals surface area contributed by atoms with E-state index >= 15 is 0 Å². The summed E-state index contributed by atoms with van der Waals surface area (Å²) in [5.74, 6) is -0.512. The van der Waals surface area contributed by atoms with Gasteiger partial charge in [0.2, 0.25) is 5.28 Å².